The van der Waals surface area contributed by atoms with Crippen molar-refractivity contribution in [2.24, 2.45) is 0 Å². The summed E-state index contributed by atoms with van der Waals surface area (Å²) in [5.41, 5.74) is 7.20. The van der Waals surface area contributed by atoms with E-state index in [1.165, 1.54) is 0 Å². The highest BCUT2D eigenvalue weighted by molar-refractivity contribution is 6.31. The minimum absolute atomic E-state index is 0.133. The Labute approximate surface area is 305 Å². The van der Waals surface area contributed by atoms with Crippen molar-refractivity contribution in [3.05, 3.63) is 143 Å². The first-order chi connectivity index (χ1) is 24.9. The summed E-state index contributed by atoms with van der Waals surface area (Å²) in [6.45, 7) is 5.25. The van der Waals surface area contributed by atoms with Crippen molar-refractivity contribution in [1.29, 1.82) is 0 Å². The third-order valence-electron chi connectivity index (χ3n) is 9.48. The van der Waals surface area contributed by atoms with Gasteiger partial charge < -0.3 is 24.7 Å². The van der Waals surface area contributed by atoms with Crippen LogP contribution >= 0.6 is 23.2 Å². The first-order valence-electron chi connectivity index (χ1n) is 16.8. The van der Waals surface area contributed by atoms with Gasteiger partial charge in [-0.3, -0.25) is 9.78 Å². The van der Waals surface area contributed by atoms with Gasteiger partial charge in [0.15, 0.2) is 5.82 Å². The normalized spacial score (nSPS) is 13.8. The number of amides is 1. The van der Waals surface area contributed by atoms with Gasteiger partial charge in [0.1, 0.15) is 5.69 Å². The van der Waals surface area contributed by atoms with Gasteiger partial charge in [-0.25, -0.2) is 9.97 Å². The number of pyridine rings is 2. The molecule has 1 aliphatic heterocycles. The zero-order chi connectivity index (χ0) is 34.9. The molecule has 1 aliphatic rings. The molecule has 51 heavy (non-hydrogen) atoms. The maximum atomic E-state index is 14.6. The number of imidazole rings is 1. The van der Waals surface area contributed by atoms with Gasteiger partial charge in [0.2, 0.25) is 0 Å². The van der Waals surface area contributed by atoms with Crippen LogP contribution in [-0.4, -0.2) is 56.6 Å². The van der Waals surface area contributed by atoms with Gasteiger partial charge in [-0.2, -0.15) is 0 Å². The van der Waals surface area contributed by atoms with Gasteiger partial charge in [-0.1, -0.05) is 71.7 Å². The van der Waals surface area contributed by atoms with Crippen LogP contribution in [-0.2, 0) is 0 Å². The van der Waals surface area contributed by atoms with Crippen molar-refractivity contribution in [2.45, 2.75) is 13.0 Å². The second-order valence-corrected chi connectivity index (χ2v) is 13.4. The lowest BCUT2D eigenvalue weighted by atomic mass is 9.99. The van der Waals surface area contributed by atoms with Crippen LogP contribution in [0.5, 0.6) is 0 Å². The van der Waals surface area contributed by atoms with E-state index in [0.717, 1.165) is 76.7 Å². The molecule has 0 spiro atoms. The number of benzene rings is 3. The first kappa shape index (κ1) is 32.6. The Morgan fingerprint density at radius 2 is 1.53 bits per heavy atom. The van der Waals surface area contributed by atoms with Gasteiger partial charge in [-0.15, -0.1) is 0 Å². The molecule has 3 aromatic carbocycles. The summed E-state index contributed by atoms with van der Waals surface area (Å²) in [5, 5.41) is 5.30. The Balaban J connectivity index is 1.20. The molecule has 1 fully saturated rings. The SMILES string of the molecule is CC(c1ccc(Cl)cc1)n1cnc(-c2ccccc2)c1-c1c(C(=O)Nc2cccnc2N2CCN(c3ccncc3)CC2)[nH]c2cc(Cl)ccc12. The molecular weight excluding hydrogens is 679 g/mol. The zero-order valence-electron chi connectivity index (χ0n) is 27.8. The third kappa shape index (κ3) is 6.42. The highest BCUT2D eigenvalue weighted by atomic mass is 35.5. The second kappa shape index (κ2) is 13.9. The molecule has 1 amide bonds. The zero-order valence-corrected chi connectivity index (χ0v) is 29.3. The summed E-state index contributed by atoms with van der Waals surface area (Å²) < 4.78 is 2.12. The number of hydrogen-bond donors (Lipinski definition) is 2. The average molecular weight is 714 g/mol. The van der Waals surface area contributed by atoms with Crippen molar-refractivity contribution in [3.63, 3.8) is 0 Å². The molecule has 1 saturated heterocycles. The van der Waals surface area contributed by atoms with Gasteiger partial charge in [-0.05, 0) is 61.0 Å². The molecule has 1 atom stereocenters. The molecule has 8 rings (SSSR count). The third-order valence-corrected chi connectivity index (χ3v) is 9.96. The van der Waals surface area contributed by atoms with E-state index in [1.54, 1.807) is 6.20 Å². The minimum Gasteiger partial charge on any atom is -0.368 e. The highest BCUT2D eigenvalue weighted by Gasteiger charge is 2.29. The van der Waals surface area contributed by atoms with Crippen molar-refractivity contribution < 1.29 is 4.79 Å². The number of nitrogens with zero attached hydrogens (tertiary/aromatic N) is 6. The predicted molar refractivity (Wildman–Crippen MR) is 206 cm³/mol. The standard InChI is InChI=1S/C40H34Cl2N8O/c1-26(27-9-11-29(41)12-10-27)50-25-45-36(28-6-3-2-4-7-28)38(50)35-32-14-13-30(42)24-34(32)46-37(35)40(51)47-33-8-5-17-44-39(33)49-22-20-48(21-23-49)31-15-18-43-19-16-31/h2-19,24-26,46H,20-23H2,1H3,(H,47,51). The highest BCUT2D eigenvalue weighted by Crippen LogP contribution is 2.42. The van der Waals surface area contributed by atoms with Crippen LogP contribution in [0.4, 0.5) is 17.2 Å². The number of carbonyl (C=O) groups excluding carboxylic acids is 1. The van der Waals surface area contributed by atoms with Gasteiger partial charge in [0, 0.05) is 82.5 Å². The van der Waals surface area contributed by atoms with E-state index >= 15 is 0 Å². The molecule has 0 radical (unpaired) electrons. The Kier molecular flexibility index (Phi) is 8.90. The number of rotatable bonds is 8. The first-order valence-corrected chi connectivity index (χ1v) is 17.6. The number of anilines is 3. The number of halogens is 2. The molecular formula is C40H34Cl2N8O. The van der Waals surface area contributed by atoms with E-state index in [9.17, 15) is 4.79 Å². The summed E-state index contributed by atoms with van der Waals surface area (Å²) in [4.78, 5) is 36.4. The summed E-state index contributed by atoms with van der Waals surface area (Å²) in [6, 6.07) is 31.1. The van der Waals surface area contributed by atoms with Crippen LogP contribution in [0.3, 0.4) is 0 Å². The Bertz CT molecular complexity index is 2310. The minimum atomic E-state index is -0.298. The molecule has 4 aromatic heterocycles. The van der Waals surface area contributed by atoms with E-state index in [-0.39, 0.29) is 11.9 Å². The van der Waals surface area contributed by atoms with Crippen LogP contribution in [0, 0.1) is 0 Å². The number of hydrogen-bond acceptors (Lipinski definition) is 6. The van der Waals surface area contributed by atoms with E-state index in [0.29, 0.717) is 21.4 Å². The molecule has 0 saturated carbocycles. The molecule has 1 unspecified atom stereocenters. The molecule has 11 heteroatoms. The number of nitrogens with one attached hydrogen (secondary N) is 2. The number of aromatic nitrogens is 5. The molecule has 5 heterocycles. The quantitative estimate of drug-likeness (QED) is 0.163. The van der Waals surface area contributed by atoms with E-state index in [4.69, 9.17) is 33.2 Å². The van der Waals surface area contributed by atoms with Crippen LogP contribution < -0.4 is 15.1 Å². The van der Waals surface area contributed by atoms with E-state index in [1.807, 2.05) is 116 Å². The fraction of sp³-hybridized carbons (Fsp3) is 0.150. The average Bonchev–Trinajstić information content (AvgIpc) is 3.77. The monoisotopic (exact) mass is 712 g/mol. The number of piperazine rings is 1. The van der Waals surface area contributed by atoms with Crippen LogP contribution in [0.25, 0.3) is 33.4 Å². The van der Waals surface area contributed by atoms with Crippen LogP contribution in [0.1, 0.15) is 29.0 Å². The maximum Gasteiger partial charge on any atom is 0.272 e. The lowest BCUT2D eigenvalue weighted by molar-refractivity contribution is 0.102. The summed E-state index contributed by atoms with van der Waals surface area (Å²) in [6.07, 6.45) is 7.24. The number of carbonyl (C=O) groups is 1. The Morgan fingerprint density at radius 1 is 0.804 bits per heavy atom. The molecule has 9 nitrogen and oxygen atoms in total. The number of fused-ring (bicyclic) bond motifs is 1. The summed E-state index contributed by atoms with van der Waals surface area (Å²) in [7, 11) is 0. The molecule has 254 valence electrons. The molecule has 0 aliphatic carbocycles. The predicted octanol–water partition coefficient (Wildman–Crippen LogP) is 8.98. The second-order valence-electron chi connectivity index (χ2n) is 12.5. The van der Waals surface area contributed by atoms with Crippen molar-refractivity contribution >= 4 is 57.2 Å². The Hall–Kier alpha value is -5.64. The molecule has 0 bridgehead atoms. The van der Waals surface area contributed by atoms with Crippen molar-refractivity contribution in [2.75, 3.05) is 41.3 Å². The van der Waals surface area contributed by atoms with Crippen molar-refractivity contribution in [3.8, 4) is 22.5 Å². The summed E-state index contributed by atoms with van der Waals surface area (Å²) in [5.74, 6) is 0.431. The van der Waals surface area contributed by atoms with Gasteiger partial charge >= 0.3 is 0 Å². The van der Waals surface area contributed by atoms with Crippen molar-refractivity contribution in [1.82, 2.24) is 24.5 Å². The van der Waals surface area contributed by atoms with Crippen LogP contribution in [0.15, 0.2) is 122 Å². The lowest BCUT2D eigenvalue weighted by Gasteiger charge is -2.37. The number of aromatic amines is 1. The van der Waals surface area contributed by atoms with Crippen LogP contribution in [0.2, 0.25) is 10.0 Å². The number of H-pyrrole nitrogens is 1. The van der Waals surface area contributed by atoms with Gasteiger partial charge in [0.25, 0.3) is 5.91 Å². The maximum absolute atomic E-state index is 14.6. The molecule has 2 N–H and O–H groups in total. The topological polar surface area (TPSA) is 95.0 Å². The fourth-order valence-electron chi connectivity index (χ4n) is 6.86. The van der Waals surface area contributed by atoms with E-state index in [2.05, 4.69) is 36.6 Å². The fourth-order valence-corrected chi connectivity index (χ4v) is 7.16. The largest absolute Gasteiger partial charge is 0.368 e. The van der Waals surface area contributed by atoms with E-state index < -0.39 is 0 Å². The lowest BCUT2D eigenvalue weighted by Crippen LogP contribution is -2.47. The summed E-state index contributed by atoms with van der Waals surface area (Å²) >= 11 is 12.8. The smallest absolute Gasteiger partial charge is 0.272 e. The Morgan fingerprint density at radius 3 is 2.29 bits per heavy atom. The molecule has 7 aromatic rings. The van der Waals surface area contributed by atoms with Gasteiger partial charge in [0.05, 0.1) is 29.4 Å².